The molecule has 3 rings (SSSR count). The summed E-state index contributed by atoms with van der Waals surface area (Å²) in [4.78, 5) is 24.2. The van der Waals surface area contributed by atoms with Crippen molar-refractivity contribution in [3.05, 3.63) is 70.8 Å². The van der Waals surface area contributed by atoms with Crippen LogP contribution in [0.5, 0.6) is 0 Å². The van der Waals surface area contributed by atoms with E-state index in [4.69, 9.17) is 0 Å². The van der Waals surface area contributed by atoms with Gasteiger partial charge in [0, 0.05) is 41.1 Å². The van der Waals surface area contributed by atoms with E-state index in [2.05, 4.69) is 0 Å². The fraction of sp³-hybridized carbons (Fsp3) is 0. The summed E-state index contributed by atoms with van der Waals surface area (Å²) in [5, 5.41) is 0. The number of hydrogen-bond acceptors (Lipinski definition) is 2. The average Bonchev–Trinajstić information content (AvgIpc) is 2.36. The fourth-order valence-corrected chi connectivity index (χ4v) is 2.05. The molecule has 1 radical (unpaired) electrons. The Balaban J connectivity index is 0.00000108. The van der Waals surface area contributed by atoms with Crippen LogP contribution in [0.15, 0.2) is 48.5 Å². The second-order valence-corrected chi connectivity index (χ2v) is 3.75. The van der Waals surface area contributed by atoms with Gasteiger partial charge < -0.3 is 0 Å². The normalized spacial score (nSPS) is 12.5. The van der Waals surface area contributed by atoms with Crippen LogP contribution in [0.1, 0.15) is 31.8 Å². The molecule has 0 aromatic heterocycles. The molecule has 0 heterocycles. The van der Waals surface area contributed by atoms with Gasteiger partial charge in [-0.05, 0) is 0 Å². The van der Waals surface area contributed by atoms with E-state index in [0.717, 1.165) is 0 Å². The summed E-state index contributed by atoms with van der Waals surface area (Å²) in [6.07, 6.45) is 0. The van der Waals surface area contributed by atoms with Crippen molar-refractivity contribution < 1.29 is 9.59 Å². The number of benzene rings is 2. The van der Waals surface area contributed by atoms with Crippen molar-refractivity contribution in [1.82, 2.24) is 0 Å². The summed E-state index contributed by atoms with van der Waals surface area (Å²) < 4.78 is 0. The minimum atomic E-state index is -0.0641. The molecule has 0 N–H and O–H groups in total. The van der Waals surface area contributed by atoms with Crippen molar-refractivity contribution in [2.75, 3.05) is 0 Å². The molecule has 17 heavy (non-hydrogen) atoms. The Kier molecular flexibility index (Phi) is 3.02. The minimum absolute atomic E-state index is 0. The topological polar surface area (TPSA) is 34.1 Å². The predicted molar refractivity (Wildman–Crippen MR) is 65.5 cm³/mol. The van der Waals surface area contributed by atoms with Gasteiger partial charge in [0.1, 0.15) is 0 Å². The Morgan fingerprint density at radius 3 is 1.00 bits per heavy atom. The van der Waals surface area contributed by atoms with Gasteiger partial charge in [0.15, 0.2) is 11.6 Å². The average molecular weight is 215 g/mol. The zero-order valence-corrected chi connectivity index (χ0v) is 9.44. The van der Waals surface area contributed by atoms with Crippen molar-refractivity contribution in [3.8, 4) is 0 Å². The third kappa shape index (κ3) is 1.66. The number of carbonyl (C=O) groups excluding carboxylic acids is 2. The number of carbonyl (C=O) groups is 2. The molecule has 1 aliphatic carbocycles. The van der Waals surface area contributed by atoms with E-state index < -0.39 is 0 Å². The second kappa shape index (κ2) is 4.33. The molecule has 2 aromatic carbocycles. The van der Waals surface area contributed by atoms with Crippen LogP contribution in [0.4, 0.5) is 0 Å². The summed E-state index contributed by atoms with van der Waals surface area (Å²) in [6, 6.07) is 13.9. The first kappa shape index (κ1) is 11.9. The maximum atomic E-state index is 12.1. The molecule has 2 nitrogen and oxygen atoms in total. The first-order valence-corrected chi connectivity index (χ1v) is 5.06. The Labute approximate surface area is 111 Å². The standard InChI is InChI=1S/C14H8O2.Li/c15-13-9-5-1-2-6-10(9)14(16)12-8-4-3-7-11(12)13;/h1-8H;. The molecule has 0 amide bonds. The van der Waals surface area contributed by atoms with Gasteiger partial charge in [0.05, 0.1) is 0 Å². The Bertz CT molecular complexity index is 512. The van der Waals surface area contributed by atoms with Crippen molar-refractivity contribution in [1.29, 1.82) is 0 Å². The van der Waals surface area contributed by atoms with Crippen molar-refractivity contribution in [2.24, 2.45) is 0 Å². The molecular formula is C14H8LiO2. The third-order valence-electron chi connectivity index (χ3n) is 2.83. The van der Waals surface area contributed by atoms with E-state index >= 15 is 0 Å². The molecule has 77 valence electrons. The number of hydrogen-bond donors (Lipinski definition) is 0. The van der Waals surface area contributed by atoms with Gasteiger partial charge in [0.25, 0.3) is 0 Å². The maximum Gasteiger partial charge on any atom is 0.194 e. The number of rotatable bonds is 0. The molecular weight excluding hydrogens is 207 g/mol. The second-order valence-electron chi connectivity index (χ2n) is 3.75. The van der Waals surface area contributed by atoms with Crippen LogP contribution in [-0.4, -0.2) is 30.4 Å². The molecule has 2 aromatic rings. The summed E-state index contributed by atoms with van der Waals surface area (Å²) in [5.74, 6) is -0.128. The van der Waals surface area contributed by atoms with E-state index in [1.165, 1.54) is 0 Å². The predicted octanol–water partition coefficient (Wildman–Crippen LogP) is 2.08. The summed E-state index contributed by atoms with van der Waals surface area (Å²) in [7, 11) is 0. The van der Waals surface area contributed by atoms with Crippen molar-refractivity contribution in [3.63, 3.8) is 0 Å². The Morgan fingerprint density at radius 1 is 0.529 bits per heavy atom. The third-order valence-corrected chi connectivity index (χ3v) is 2.83. The van der Waals surface area contributed by atoms with Gasteiger partial charge in [-0.3, -0.25) is 9.59 Å². The first-order valence-electron chi connectivity index (χ1n) is 5.06. The molecule has 0 unspecified atom stereocenters. The quantitative estimate of drug-likeness (QED) is 0.538. The van der Waals surface area contributed by atoms with Gasteiger partial charge in [-0.15, -0.1) is 0 Å². The van der Waals surface area contributed by atoms with E-state index in [-0.39, 0.29) is 30.4 Å². The molecule has 1 aliphatic rings. The van der Waals surface area contributed by atoms with Crippen LogP contribution in [0.3, 0.4) is 0 Å². The Hall–Kier alpha value is -1.62. The van der Waals surface area contributed by atoms with Crippen LogP contribution in [0, 0.1) is 0 Å². The van der Waals surface area contributed by atoms with E-state index in [9.17, 15) is 9.59 Å². The number of fused-ring (bicyclic) bond motifs is 2. The van der Waals surface area contributed by atoms with E-state index in [1.54, 1.807) is 48.5 Å². The molecule has 3 heteroatoms. The van der Waals surface area contributed by atoms with E-state index in [1.807, 2.05) is 0 Å². The smallest absolute Gasteiger partial charge is 0.194 e. The molecule has 0 bridgehead atoms. The van der Waals surface area contributed by atoms with Crippen molar-refractivity contribution in [2.45, 2.75) is 0 Å². The van der Waals surface area contributed by atoms with E-state index in [0.29, 0.717) is 22.3 Å². The van der Waals surface area contributed by atoms with Gasteiger partial charge in [0.2, 0.25) is 0 Å². The van der Waals surface area contributed by atoms with Crippen LogP contribution in [-0.2, 0) is 0 Å². The molecule has 0 saturated heterocycles. The van der Waals surface area contributed by atoms with Crippen LogP contribution < -0.4 is 0 Å². The largest absolute Gasteiger partial charge is 0.289 e. The van der Waals surface area contributed by atoms with Crippen LogP contribution in [0.2, 0.25) is 0 Å². The number of ketones is 2. The molecule has 0 fully saturated rings. The summed E-state index contributed by atoms with van der Waals surface area (Å²) in [5.41, 5.74) is 2.02. The van der Waals surface area contributed by atoms with Crippen LogP contribution >= 0.6 is 0 Å². The molecule has 0 atom stereocenters. The first-order chi connectivity index (χ1) is 7.79. The SMILES string of the molecule is O=C1c2ccccc2C(=O)c2ccccc21.[Li]. The van der Waals surface area contributed by atoms with Gasteiger partial charge in [-0.1, -0.05) is 48.5 Å². The molecule has 0 saturated carbocycles. The van der Waals surface area contributed by atoms with Gasteiger partial charge in [-0.25, -0.2) is 0 Å². The van der Waals surface area contributed by atoms with Gasteiger partial charge in [-0.2, -0.15) is 0 Å². The Morgan fingerprint density at radius 2 is 0.765 bits per heavy atom. The van der Waals surface area contributed by atoms with Crippen molar-refractivity contribution >= 4 is 30.4 Å². The monoisotopic (exact) mass is 215 g/mol. The summed E-state index contributed by atoms with van der Waals surface area (Å²) >= 11 is 0. The maximum absolute atomic E-state index is 12.1. The fourth-order valence-electron chi connectivity index (χ4n) is 2.05. The summed E-state index contributed by atoms with van der Waals surface area (Å²) in [6.45, 7) is 0. The molecule has 0 aliphatic heterocycles. The van der Waals surface area contributed by atoms with Crippen LogP contribution in [0.25, 0.3) is 0 Å². The zero-order chi connectivity index (χ0) is 11.1. The molecule has 0 spiro atoms. The minimum Gasteiger partial charge on any atom is -0.289 e. The van der Waals surface area contributed by atoms with Gasteiger partial charge >= 0.3 is 0 Å². The zero-order valence-electron chi connectivity index (χ0n) is 9.44.